The van der Waals surface area contributed by atoms with E-state index in [1.54, 1.807) is 0 Å². The van der Waals surface area contributed by atoms with E-state index in [1.807, 2.05) is 12.2 Å². The molecule has 0 aromatic rings. The first-order chi connectivity index (χ1) is 5.40. The summed E-state index contributed by atoms with van der Waals surface area (Å²) in [4.78, 5) is 0. The molecule has 0 aromatic heterocycles. The Labute approximate surface area is 65.4 Å². The zero-order chi connectivity index (χ0) is 7.68. The monoisotopic (exact) mass is 147 g/mol. The van der Waals surface area contributed by atoms with Crippen molar-refractivity contribution >= 4 is 0 Å². The van der Waals surface area contributed by atoms with E-state index in [0.717, 1.165) is 18.7 Å². The first-order valence-electron chi connectivity index (χ1n) is 3.69. The van der Waals surface area contributed by atoms with Crippen LogP contribution in [-0.2, 0) is 0 Å². The molecular weight excluding hydrogens is 138 g/mol. The van der Waals surface area contributed by atoms with Crippen LogP contribution in [0.1, 0.15) is 6.42 Å². The van der Waals surface area contributed by atoms with Crippen molar-refractivity contribution in [1.82, 2.24) is 10.9 Å². The van der Waals surface area contributed by atoms with Crippen molar-refractivity contribution in [2.45, 2.75) is 6.42 Å². The number of hydrogen-bond acceptors (Lipinski definition) is 3. The number of rotatable bonds is 0. The highest BCUT2D eigenvalue weighted by atomic mass is 15.4. The van der Waals surface area contributed by atoms with Gasteiger partial charge in [0.2, 0.25) is 0 Å². The summed E-state index contributed by atoms with van der Waals surface area (Å²) in [5, 5.41) is 8.65. The van der Waals surface area contributed by atoms with Crippen LogP contribution in [0.25, 0.3) is 0 Å². The summed E-state index contributed by atoms with van der Waals surface area (Å²) in [7, 11) is 0. The minimum atomic E-state index is 0.0791. The van der Waals surface area contributed by atoms with Gasteiger partial charge in [0.25, 0.3) is 0 Å². The molecule has 2 N–H and O–H groups in total. The third kappa shape index (κ3) is 1.02. The number of nitrogens with one attached hydrogen (secondary N) is 2. The maximum absolute atomic E-state index is 8.65. The van der Waals surface area contributed by atoms with Crippen LogP contribution in [0.2, 0.25) is 0 Å². The fourth-order valence-corrected chi connectivity index (χ4v) is 1.41. The number of hydrazine groups is 1. The highest BCUT2D eigenvalue weighted by molar-refractivity contribution is 5.34. The molecule has 0 fully saturated rings. The van der Waals surface area contributed by atoms with Gasteiger partial charge in [0.05, 0.1) is 12.0 Å². The van der Waals surface area contributed by atoms with Crippen LogP contribution in [0.4, 0.5) is 0 Å². The Morgan fingerprint density at radius 1 is 1.64 bits per heavy atom. The lowest BCUT2D eigenvalue weighted by Crippen LogP contribution is -2.22. The average Bonchev–Trinajstić information content (AvgIpc) is 2.50. The van der Waals surface area contributed by atoms with Crippen LogP contribution in [0, 0.1) is 17.2 Å². The molecule has 0 saturated heterocycles. The second-order valence-electron chi connectivity index (χ2n) is 2.79. The van der Waals surface area contributed by atoms with Gasteiger partial charge in [-0.2, -0.15) is 5.26 Å². The van der Waals surface area contributed by atoms with E-state index in [9.17, 15) is 0 Å². The maximum atomic E-state index is 8.65. The van der Waals surface area contributed by atoms with E-state index < -0.39 is 0 Å². The van der Waals surface area contributed by atoms with Gasteiger partial charge in [-0.3, -0.25) is 0 Å². The molecule has 0 amide bonds. The summed E-state index contributed by atoms with van der Waals surface area (Å²) in [6, 6.07) is 2.24. The van der Waals surface area contributed by atoms with Gasteiger partial charge in [-0.15, -0.1) is 0 Å². The van der Waals surface area contributed by atoms with E-state index >= 15 is 0 Å². The molecule has 1 atom stereocenters. The zero-order valence-electron chi connectivity index (χ0n) is 6.09. The van der Waals surface area contributed by atoms with Gasteiger partial charge in [0.15, 0.2) is 0 Å². The third-order valence-electron chi connectivity index (χ3n) is 2.03. The highest BCUT2D eigenvalue weighted by Gasteiger charge is 2.18. The summed E-state index contributed by atoms with van der Waals surface area (Å²) in [6.45, 7) is 0.873. The molecule has 3 heteroatoms. The second-order valence-corrected chi connectivity index (χ2v) is 2.79. The molecule has 0 saturated carbocycles. The van der Waals surface area contributed by atoms with Crippen molar-refractivity contribution < 1.29 is 0 Å². The van der Waals surface area contributed by atoms with Crippen molar-refractivity contribution in [3.05, 3.63) is 23.4 Å². The molecule has 2 aliphatic rings. The van der Waals surface area contributed by atoms with Crippen molar-refractivity contribution in [3.63, 3.8) is 0 Å². The maximum Gasteiger partial charge on any atom is 0.0701 e. The first kappa shape index (κ1) is 6.44. The fourth-order valence-electron chi connectivity index (χ4n) is 1.41. The average molecular weight is 147 g/mol. The summed E-state index contributed by atoms with van der Waals surface area (Å²) >= 11 is 0. The van der Waals surface area contributed by atoms with Gasteiger partial charge in [-0.05, 0) is 18.1 Å². The number of allylic oxidation sites excluding steroid dienone is 2. The molecule has 56 valence electrons. The molecular formula is C8H9N3. The first-order valence-corrected chi connectivity index (χ1v) is 3.69. The molecule has 2 rings (SSSR count). The van der Waals surface area contributed by atoms with Crippen molar-refractivity contribution in [2.24, 2.45) is 5.92 Å². The molecule has 1 unspecified atom stereocenters. The SMILES string of the molecule is N#CC1C=CC2=C(CNN2)C1. The molecule has 3 nitrogen and oxygen atoms in total. The van der Waals surface area contributed by atoms with Crippen LogP contribution < -0.4 is 10.9 Å². The summed E-state index contributed by atoms with van der Waals surface area (Å²) in [5.74, 6) is 0.0791. The topological polar surface area (TPSA) is 47.9 Å². The molecule has 0 spiro atoms. The third-order valence-corrected chi connectivity index (χ3v) is 2.03. The van der Waals surface area contributed by atoms with Crippen LogP contribution in [0.3, 0.4) is 0 Å². The zero-order valence-corrected chi connectivity index (χ0v) is 6.09. The van der Waals surface area contributed by atoms with Crippen molar-refractivity contribution in [2.75, 3.05) is 6.54 Å². The Morgan fingerprint density at radius 2 is 2.55 bits per heavy atom. The van der Waals surface area contributed by atoms with Gasteiger partial charge in [-0.1, -0.05) is 6.08 Å². The normalized spacial score (nSPS) is 27.7. The van der Waals surface area contributed by atoms with Gasteiger partial charge in [-0.25, -0.2) is 5.43 Å². The summed E-state index contributed by atoms with van der Waals surface area (Å²) < 4.78 is 0. The predicted octanol–water partition coefficient (Wildman–Crippen LogP) is 0.448. The lowest BCUT2D eigenvalue weighted by molar-refractivity contribution is 0.702. The summed E-state index contributed by atoms with van der Waals surface area (Å²) in [5.41, 5.74) is 8.53. The lowest BCUT2D eigenvalue weighted by atomic mass is 9.94. The van der Waals surface area contributed by atoms with Crippen LogP contribution in [0.15, 0.2) is 23.4 Å². The quantitative estimate of drug-likeness (QED) is 0.523. The van der Waals surface area contributed by atoms with Crippen LogP contribution in [0.5, 0.6) is 0 Å². The van der Waals surface area contributed by atoms with Crippen LogP contribution in [-0.4, -0.2) is 6.54 Å². The Bertz CT molecular complexity index is 270. The molecule has 1 aliphatic heterocycles. The molecule has 0 bridgehead atoms. The number of nitriles is 1. The van der Waals surface area contributed by atoms with E-state index in [4.69, 9.17) is 5.26 Å². The molecule has 11 heavy (non-hydrogen) atoms. The van der Waals surface area contributed by atoms with Gasteiger partial charge < -0.3 is 5.43 Å². The summed E-state index contributed by atoms with van der Waals surface area (Å²) in [6.07, 6.45) is 4.80. The van der Waals surface area contributed by atoms with E-state index in [-0.39, 0.29) is 5.92 Å². The Hall–Kier alpha value is -1.27. The minimum absolute atomic E-state index is 0.0791. The second kappa shape index (κ2) is 2.40. The van der Waals surface area contributed by atoms with Gasteiger partial charge in [0.1, 0.15) is 0 Å². The predicted molar refractivity (Wildman–Crippen MR) is 41.0 cm³/mol. The van der Waals surface area contributed by atoms with E-state index in [2.05, 4.69) is 16.9 Å². The number of nitrogens with zero attached hydrogens (tertiary/aromatic N) is 1. The Balaban J connectivity index is 2.20. The smallest absolute Gasteiger partial charge is 0.0701 e. The van der Waals surface area contributed by atoms with E-state index in [1.165, 1.54) is 5.57 Å². The molecule has 0 aromatic carbocycles. The number of hydrogen-bond donors (Lipinski definition) is 2. The van der Waals surface area contributed by atoms with E-state index in [0.29, 0.717) is 0 Å². The van der Waals surface area contributed by atoms with Crippen molar-refractivity contribution in [3.8, 4) is 6.07 Å². The van der Waals surface area contributed by atoms with Gasteiger partial charge in [0, 0.05) is 12.2 Å². The molecule has 1 aliphatic carbocycles. The largest absolute Gasteiger partial charge is 0.321 e. The van der Waals surface area contributed by atoms with Crippen molar-refractivity contribution in [1.29, 1.82) is 5.26 Å². The molecule has 1 heterocycles. The molecule has 0 radical (unpaired) electrons. The minimum Gasteiger partial charge on any atom is -0.321 e. The van der Waals surface area contributed by atoms with Crippen LogP contribution >= 0.6 is 0 Å². The highest BCUT2D eigenvalue weighted by Crippen LogP contribution is 2.22. The standard InChI is InChI=1S/C8H9N3/c9-4-6-1-2-8-7(3-6)5-10-11-8/h1-2,6,10-11H,3,5H2. The lowest BCUT2D eigenvalue weighted by Gasteiger charge is -2.10. The fraction of sp³-hybridized carbons (Fsp3) is 0.375. The van der Waals surface area contributed by atoms with Gasteiger partial charge >= 0.3 is 0 Å². The Morgan fingerprint density at radius 3 is 3.36 bits per heavy atom. The Kier molecular flexibility index (Phi) is 1.41.